The summed E-state index contributed by atoms with van der Waals surface area (Å²) < 4.78 is 0. The molecular formula is C23H27Cl2NO2. The normalized spacial score (nSPS) is 28.7. The Morgan fingerprint density at radius 2 is 1.89 bits per heavy atom. The van der Waals surface area contributed by atoms with Crippen molar-refractivity contribution in [3.8, 4) is 5.75 Å². The number of halogens is 2. The predicted octanol–water partition coefficient (Wildman–Crippen LogP) is 5.79. The lowest BCUT2D eigenvalue weighted by Gasteiger charge is -2.50. The van der Waals surface area contributed by atoms with Crippen molar-refractivity contribution >= 4 is 29.5 Å². The van der Waals surface area contributed by atoms with E-state index < -0.39 is 5.41 Å². The van der Waals surface area contributed by atoms with Crippen molar-refractivity contribution in [1.29, 1.82) is 0 Å². The fourth-order valence-corrected chi connectivity index (χ4v) is 5.40. The van der Waals surface area contributed by atoms with Crippen LogP contribution in [0.3, 0.4) is 0 Å². The van der Waals surface area contributed by atoms with Crippen LogP contribution in [0.25, 0.3) is 0 Å². The second-order valence-corrected chi connectivity index (χ2v) is 9.00. The number of hydrogen-bond acceptors (Lipinski definition) is 3. The van der Waals surface area contributed by atoms with Crippen molar-refractivity contribution in [3.05, 3.63) is 63.6 Å². The van der Waals surface area contributed by atoms with Gasteiger partial charge in [0.2, 0.25) is 0 Å². The van der Waals surface area contributed by atoms with E-state index in [0.29, 0.717) is 10.0 Å². The zero-order valence-electron chi connectivity index (χ0n) is 16.5. The van der Waals surface area contributed by atoms with Crippen LogP contribution in [-0.4, -0.2) is 24.5 Å². The van der Waals surface area contributed by atoms with Crippen LogP contribution in [-0.2, 0) is 4.79 Å². The molecule has 5 atom stereocenters. The molecular weight excluding hydrogens is 393 g/mol. The standard InChI is InChI=1S/C23H27Cl2NO2/c1-14(26-3)22-21(15-4-6-16(24)7-5-15)19(10-11-23(22,2)13-27)18-9-8-17(28)12-20(18)25/h4-9,12-14,19,21-22,26,28H,10-11H2,1-3H3. The summed E-state index contributed by atoms with van der Waals surface area (Å²) in [4.78, 5) is 12.2. The van der Waals surface area contributed by atoms with Crippen LogP contribution < -0.4 is 5.32 Å². The van der Waals surface area contributed by atoms with Crippen molar-refractivity contribution in [2.75, 3.05) is 7.05 Å². The van der Waals surface area contributed by atoms with Gasteiger partial charge in [-0.3, -0.25) is 0 Å². The number of aldehydes is 1. The Morgan fingerprint density at radius 1 is 1.21 bits per heavy atom. The zero-order valence-corrected chi connectivity index (χ0v) is 18.0. The molecule has 28 heavy (non-hydrogen) atoms. The number of hydrogen-bond donors (Lipinski definition) is 2. The monoisotopic (exact) mass is 419 g/mol. The SMILES string of the molecule is CNC(C)C1C(c2ccc(Cl)cc2)C(c2ccc(O)cc2Cl)CCC1(C)C=O. The molecule has 0 aliphatic heterocycles. The van der Waals surface area contributed by atoms with Gasteiger partial charge < -0.3 is 15.2 Å². The minimum absolute atomic E-state index is 0.0831. The Balaban J connectivity index is 2.17. The fourth-order valence-electron chi connectivity index (χ4n) is 4.96. The molecule has 1 saturated carbocycles. The molecule has 0 saturated heterocycles. The van der Waals surface area contributed by atoms with Crippen molar-refractivity contribution in [2.24, 2.45) is 11.3 Å². The van der Waals surface area contributed by atoms with Gasteiger partial charge in [-0.25, -0.2) is 0 Å². The first kappa shape index (κ1) is 21.2. The van der Waals surface area contributed by atoms with E-state index in [1.165, 1.54) is 0 Å². The average molecular weight is 420 g/mol. The molecule has 3 nitrogen and oxygen atoms in total. The molecule has 0 radical (unpaired) electrons. The molecule has 150 valence electrons. The summed E-state index contributed by atoms with van der Waals surface area (Å²) in [6.45, 7) is 4.20. The molecule has 5 unspecified atom stereocenters. The molecule has 0 heterocycles. The van der Waals surface area contributed by atoms with E-state index in [2.05, 4.69) is 31.3 Å². The summed E-state index contributed by atoms with van der Waals surface area (Å²) in [5.41, 5.74) is 1.73. The smallest absolute Gasteiger partial charge is 0.126 e. The van der Waals surface area contributed by atoms with Gasteiger partial charge in [0, 0.05) is 21.5 Å². The van der Waals surface area contributed by atoms with Crippen LogP contribution in [0.4, 0.5) is 0 Å². The van der Waals surface area contributed by atoms with E-state index in [9.17, 15) is 9.90 Å². The van der Waals surface area contributed by atoms with Crippen LogP contribution >= 0.6 is 23.2 Å². The topological polar surface area (TPSA) is 49.3 Å². The van der Waals surface area contributed by atoms with E-state index in [0.717, 1.165) is 30.3 Å². The van der Waals surface area contributed by atoms with Crippen LogP contribution in [0, 0.1) is 11.3 Å². The highest BCUT2D eigenvalue weighted by atomic mass is 35.5. The largest absolute Gasteiger partial charge is 0.508 e. The maximum absolute atomic E-state index is 12.2. The third kappa shape index (κ3) is 3.94. The summed E-state index contributed by atoms with van der Waals surface area (Å²) >= 11 is 12.7. The number of carbonyl (C=O) groups is 1. The van der Waals surface area contributed by atoms with E-state index in [1.807, 2.05) is 25.2 Å². The number of carbonyl (C=O) groups excluding carboxylic acids is 1. The Hall–Kier alpha value is -1.55. The van der Waals surface area contributed by atoms with Gasteiger partial charge in [-0.2, -0.15) is 0 Å². The predicted molar refractivity (Wildman–Crippen MR) is 115 cm³/mol. The van der Waals surface area contributed by atoms with Crippen molar-refractivity contribution in [1.82, 2.24) is 5.32 Å². The first-order chi connectivity index (χ1) is 13.3. The molecule has 2 aromatic rings. The van der Waals surface area contributed by atoms with E-state index in [-0.39, 0.29) is 29.5 Å². The number of rotatable bonds is 5. The highest BCUT2D eigenvalue weighted by Gasteiger charge is 2.49. The number of phenolic OH excluding ortho intramolecular Hbond substituents is 1. The summed E-state index contributed by atoms with van der Waals surface area (Å²) in [5.74, 6) is 0.471. The van der Waals surface area contributed by atoms with Gasteiger partial charge in [-0.15, -0.1) is 0 Å². The maximum Gasteiger partial charge on any atom is 0.126 e. The Morgan fingerprint density at radius 3 is 2.46 bits per heavy atom. The van der Waals surface area contributed by atoms with Crippen molar-refractivity contribution in [2.45, 2.75) is 44.6 Å². The number of phenols is 1. The molecule has 0 amide bonds. The lowest BCUT2D eigenvalue weighted by molar-refractivity contribution is -0.121. The minimum atomic E-state index is -0.438. The first-order valence-corrected chi connectivity index (χ1v) is 10.4. The van der Waals surface area contributed by atoms with E-state index >= 15 is 0 Å². The second-order valence-electron chi connectivity index (χ2n) is 8.16. The third-order valence-electron chi connectivity index (χ3n) is 6.48. The minimum Gasteiger partial charge on any atom is -0.508 e. The Labute approximate surface area is 177 Å². The average Bonchev–Trinajstić information content (AvgIpc) is 2.68. The third-order valence-corrected chi connectivity index (χ3v) is 7.06. The lowest BCUT2D eigenvalue weighted by atomic mass is 9.54. The number of nitrogens with one attached hydrogen (secondary N) is 1. The molecule has 2 aromatic carbocycles. The zero-order chi connectivity index (χ0) is 20.5. The molecule has 5 heteroatoms. The fraction of sp³-hybridized carbons (Fsp3) is 0.435. The van der Waals surface area contributed by atoms with Crippen LogP contribution in [0.2, 0.25) is 10.0 Å². The van der Waals surface area contributed by atoms with Crippen molar-refractivity contribution < 1.29 is 9.90 Å². The summed E-state index contributed by atoms with van der Waals surface area (Å²) in [6.07, 6.45) is 2.77. The quantitative estimate of drug-likeness (QED) is 0.602. The molecule has 0 bridgehead atoms. The van der Waals surface area contributed by atoms with E-state index in [1.54, 1.807) is 12.1 Å². The summed E-state index contributed by atoms with van der Waals surface area (Å²) in [7, 11) is 1.94. The molecule has 0 spiro atoms. The van der Waals surface area contributed by atoms with Gasteiger partial charge in [-0.1, -0.05) is 48.3 Å². The summed E-state index contributed by atoms with van der Waals surface area (Å²) in [5, 5.41) is 14.4. The second kappa shape index (κ2) is 8.44. The van der Waals surface area contributed by atoms with Crippen LogP contribution in [0.15, 0.2) is 42.5 Å². The highest BCUT2D eigenvalue weighted by Crippen LogP contribution is 2.56. The highest BCUT2D eigenvalue weighted by molar-refractivity contribution is 6.31. The van der Waals surface area contributed by atoms with Crippen LogP contribution in [0.5, 0.6) is 5.75 Å². The van der Waals surface area contributed by atoms with Crippen LogP contribution in [0.1, 0.15) is 49.7 Å². The Bertz CT molecular complexity index is 839. The molecule has 1 fully saturated rings. The molecule has 1 aliphatic carbocycles. The van der Waals surface area contributed by atoms with Gasteiger partial charge in [-0.05, 0) is 80.0 Å². The maximum atomic E-state index is 12.2. The van der Waals surface area contributed by atoms with Crippen molar-refractivity contribution in [3.63, 3.8) is 0 Å². The van der Waals surface area contributed by atoms with Gasteiger partial charge in [0.05, 0.1) is 0 Å². The number of benzene rings is 2. The lowest BCUT2D eigenvalue weighted by Crippen LogP contribution is -2.49. The first-order valence-electron chi connectivity index (χ1n) is 9.68. The molecule has 1 aliphatic rings. The van der Waals surface area contributed by atoms with Gasteiger partial charge in [0.25, 0.3) is 0 Å². The van der Waals surface area contributed by atoms with Gasteiger partial charge >= 0.3 is 0 Å². The number of aromatic hydroxyl groups is 1. The van der Waals surface area contributed by atoms with E-state index in [4.69, 9.17) is 23.2 Å². The van der Waals surface area contributed by atoms with Gasteiger partial charge in [0.15, 0.2) is 0 Å². The molecule has 0 aromatic heterocycles. The summed E-state index contributed by atoms with van der Waals surface area (Å²) in [6, 6.07) is 13.2. The molecule has 2 N–H and O–H groups in total. The Kier molecular flexibility index (Phi) is 6.38. The molecule has 3 rings (SSSR count). The van der Waals surface area contributed by atoms with Gasteiger partial charge in [0.1, 0.15) is 12.0 Å².